The number of amides is 1. The molecule has 2 aliphatic rings. The van der Waals surface area contributed by atoms with Crippen molar-refractivity contribution in [1.29, 1.82) is 0 Å². The fourth-order valence-corrected chi connectivity index (χ4v) is 5.42. The summed E-state index contributed by atoms with van der Waals surface area (Å²) in [5.74, 6) is 1.99. The van der Waals surface area contributed by atoms with Gasteiger partial charge in [-0.2, -0.15) is 0 Å². The molecule has 3 aromatic heterocycles. The minimum absolute atomic E-state index is 0.124. The van der Waals surface area contributed by atoms with Crippen molar-refractivity contribution in [1.82, 2.24) is 24.5 Å². The molecule has 1 saturated heterocycles. The number of rotatable bonds is 2. The number of hydrogen-bond donors (Lipinski definition) is 1. The lowest BCUT2D eigenvalue weighted by Crippen LogP contribution is -2.39. The van der Waals surface area contributed by atoms with E-state index in [0.717, 1.165) is 54.8 Å². The first-order valence-corrected chi connectivity index (χ1v) is 11.4. The number of nitrogens with one attached hydrogen (secondary N) is 1. The van der Waals surface area contributed by atoms with E-state index in [9.17, 15) is 4.79 Å². The molecular formula is C25H27N5O. The van der Waals surface area contributed by atoms with Crippen LogP contribution in [0.1, 0.15) is 59.5 Å². The number of hydrogen-bond acceptors (Lipinski definition) is 3. The van der Waals surface area contributed by atoms with Gasteiger partial charge in [-0.3, -0.25) is 9.20 Å². The number of carbonyl (C=O) groups excluding carboxylic acids is 1. The van der Waals surface area contributed by atoms with Crippen LogP contribution in [0.15, 0.2) is 42.6 Å². The quantitative estimate of drug-likeness (QED) is 0.531. The van der Waals surface area contributed by atoms with Crippen LogP contribution < -0.4 is 0 Å². The van der Waals surface area contributed by atoms with E-state index >= 15 is 0 Å². The Bertz CT molecular complexity index is 1290. The molecule has 0 bridgehead atoms. The van der Waals surface area contributed by atoms with E-state index in [1.165, 1.54) is 23.1 Å². The Labute approximate surface area is 181 Å². The Morgan fingerprint density at radius 3 is 3.03 bits per heavy atom. The van der Waals surface area contributed by atoms with Gasteiger partial charge in [0.15, 0.2) is 5.65 Å². The van der Waals surface area contributed by atoms with Gasteiger partial charge < -0.3 is 9.88 Å². The number of aromatic amines is 1. The van der Waals surface area contributed by atoms with Crippen LogP contribution in [0.4, 0.5) is 0 Å². The molecule has 0 radical (unpaired) electrons. The molecule has 4 heterocycles. The number of fused-ring (bicyclic) bond motifs is 4. The number of aryl methyl sites for hydroxylation is 1. The standard InChI is InChI=1S/C25H27N5O/c1-16-7-9-21-19(13-16)20-14-17(8-10-22(20)26-21)25(31)29-11-4-5-18(15-29)24-28-27-23-6-2-3-12-30(23)24/h2-3,6,8,10,12,14,16,18,26H,4-5,7,9,11,13,15H2,1H3. The highest BCUT2D eigenvalue weighted by Gasteiger charge is 2.29. The summed E-state index contributed by atoms with van der Waals surface area (Å²) in [4.78, 5) is 19.0. The van der Waals surface area contributed by atoms with Gasteiger partial charge in [0.2, 0.25) is 0 Å². The molecule has 1 fully saturated rings. The second kappa shape index (κ2) is 7.22. The molecule has 4 aromatic rings. The highest BCUT2D eigenvalue weighted by Crippen LogP contribution is 2.33. The van der Waals surface area contributed by atoms with Gasteiger partial charge in [0.25, 0.3) is 5.91 Å². The molecule has 0 spiro atoms. The smallest absolute Gasteiger partial charge is 0.253 e. The summed E-state index contributed by atoms with van der Waals surface area (Å²) < 4.78 is 2.05. The van der Waals surface area contributed by atoms with Crippen molar-refractivity contribution < 1.29 is 4.79 Å². The van der Waals surface area contributed by atoms with Crippen LogP contribution in [-0.2, 0) is 12.8 Å². The Morgan fingerprint density at radius 1 is 1.16 bits per heavy atom. The molecule has 158 valence electrons. The second-order valence-corrected chi connectivity index (χ2v) is 9.27. The average molecular weight is 414 g/mol. The molecule has 2 unspecified atom stereocenters. The largest absolute Gasteiger partial charge is 0.358 e. The Morgan fingerprint density at radius 2 is 2.10 bits per heavy atom. The molecule has 0 saturated carbocycles. The number of H-pyrrole nitrogens is 1. The van der Waals surface area contributed by atoms with E-state index in [4.69, 9.17) is 0 Å². The van der Waals surface area contributed by atoms with Crippen molar-refractivity contribution >= 4 is 22.5 Å². The van der Waals surface area contributed by atoms with E-state index in [1.807, 2.05) is 35.4 Å². The number of benzene rings is 1. The Hall–Kier alpha value is -3.15. The summed E-state index contributed by atoms with van der Waals surface area (Å²) in [6.45, 7) is 3.81. The minimum Gasteiger partial charge on any atom is -0.358 e. The highest BCUT2D eigenvalue weighted by molar-refractivity contribution is 5.99. The zero-order chi connectivity index (χ0) is 20.9. The van der Waals surface area contributed by atoms with Crippen LogP contribution in [0.25, 0.3) is 16.6 Å². The third-order valence-corrected chi connectivity index (χ3v) is 7.10. The Kier molecular flexibility index (Phi) is 4.33. The molecule has 2 atom stereocenters. The molecule has 1 aliphatic heterocycles. The summed E-state index contributed by atoms with van der Waals surface area (Å²) in [7, 11) is 0. The number of pyridine rings is 1. The summed E-state index contributed by atoms with van der Waals surface area (Å²) >= 11 is 0. The van der Waals surface area contributed by atoms with Crippen molar-refractivity contribution in [3.8, 4) is 0 Å². The van der Waals surface area contributed by atoms with Crippen LogP contribution in [0, 0.1) is 5.92 Å². The summed E-state index contributed by atoms with van der Waals surface area (Å²) in [5, 5.41) is 9.98. The number of aromatic nitrogens is 4. The normalized spacial score (nSPS) is 21.5. The monoisotopic (exact) mass is 413 g/mol. The van der Waals surface area contributed by atoms with Crippen molar-refractivity contribution in [3.63, 3.8) is 0 Å². The topological polar surface area (TPSA) is 66.3 Å². The fraction of sp³-hybridized carbons (Fsp3) is 0.400. The molecular weight excluding hydrogens is 386 g/mol. The van der Waals surface area contributed by atoms with Crippen molar-refractivity contribution in [2.24, 2.45) is 5.92 Å². The second-order valence-electron chi connectivity index (χ2n) is 9.27. The molecule has 6 heteroatoms. The molecule has 1 amide bonds. The van der Waals surface area contributed by atoms with Crippen LogP contribution >= 0.6 is 0 Å². The maximum absolute atomic E-state index is 13.4. The summed E-state index contributed by atoms with van der Waals surface area (Å²) in [6, 6.07) is 12.1. The van der Waals surface area contributed by atoms with Crippen LogP contribution in [-0.4, -0.2) is 43.5 Å². The van der Waals surface area contributed by atoms with Gasteiger partial charge in [-0.1, -0.05) is 13.0 Å². The number of piperidine rings is 1. The third kappa shape index (κ3) is 3.12. The molecule has 6 rings (SSSR count). The van der Waals surface area contributed by atoms with Gasteiger partial charge in [-0.25, -0.2) is 0 Å². The first kappa shape index (κ1) is 18.6. The molecule has 1 aromatic carbocycles. The van der Waals surface area contributed by atoms with Gasteiger partial charge in [0, 0.05) is 47.4 Å². The highest BCUT2D eigenvalue weighted by atomic mass is 16.2. The predicted molar refractivity (Wildman–Crippen MR) is 120 cm³/mol. The van der Waals surface area contributed by atoms with E-state index < -0.39 is 0 Å². The van der Waals surface area contributed by atoms with Crippen LogP contribution in [0.5, 0.6) is 0 Å². The van der Waals surface area contributed by atoms with Crippen molar-refractivity contribution in [2.45, 2.75) is 44.9 Å². The maximum Gasteiger partial charge on any atom is 0.253 e. The number of carbonyl (C=O) groups is 1. The van der Waals surface area contributed by atoms with E-state index in [-0.39, 0.29) is 11.8 Å². The zero-order valence-electron chi connectivity index (χ0n) is 17.8. The number of likely N-dealkylation sites (tertiary alicyclic amines) is 1. The van der Waals surface area contributed by atoms with Crippen molar-refractivity contribution in [3.05, 3.63) is 65.2 Å². The lowest BCUT2D eigenvalue weighted by molar-refractivity contribution is 0.0704. The third-order valence-electron chi connectivity index (χ3n) is 7.10. The average Bonchev–Trinajstić information content (AvgIpc) is 3.39. The molecule has 6 nitrogen and oxygen atoms in total. The van der Waals surface area contributed by atoms with E-state index in [1.54, 1.807) is 0 Å². The summed E-state index contributed by atoms with van der Waals surface area (Å²) in [6.07, 6.45) is 7.46. The van der Waals surface area contributed by atoms with E-state index in [0.29, 0.717) is 12.5 Å². The summed E-state index contributed by atoms with van der Waals surface area (Å²) in [5.41, 5.74) is 5.57. The molecule has 31 heavy (non-hydrogen) atoms. The zero-order valence-corrected chi connectivity index (χ0v) is 17.8. The van der Waals surface area contributed by atoms with E-state index in [2.05, 4.69) is 38.6 Å². The maximum atomic E-state index is 13.4. The predicted octanol–water partition coefficient (Wildman–Crippen LogP) is 4.36. The van der Waals surface area contributed by atoms with Crippen molar-refractivity contribution in [2.75, 3.05) is 13.1 Å². The first-order valence-electron chi connectivity index (χ1n) is 11.4. The van der Waals surface area contributed by atoms with Gasteiger partial charge in [0.1, 0.15) is 5.82 Å². The minimum atomic E-state index is 0.124. The van der Waals surface area contributed by atoms with Gasteiger partial charge in [0.05, 0.1) is 0 Å². The van der Waals surface area contributed by atoms with Gasteiger partial charge in [-0.15, -0.1) is 10.2 Å². The first-order chi connectivity index (χ1) is 15.2. The van der Waals surface area contributed by atoms with Gasteiger partial charge >= 0.3 is 0 Å². The van der Waals surface area contributed by atoms with Crippen LogP contribution in [0.2, 0.25) is 0 Å². The fourth-order valence-electron chi connectivity index (χ4n) is 5.42. The lowest BCUT2D eigenvalue weighted by Gasteiger charge is -2.32. The van der Waals surface area contributed by atoms with Crippen LogP contribution in [0.3, 0.4) is 0 Å². The molecule has 1 aliphatic carbocycles. The number of nitrogens with zero attached hydrogens (tertiary/aromatic N) is 4. The van der Waals surface area contributed by atoms with Gasteiger partial charge in [-0.05, 0) is 73.9 Å². The lowest BCUT2D eigenvalue weighted by atomic mass is 9.87. The molecule has 1 N–H and O–H groups in total. The SMILES string of the molecule is CC1CCc2[nH]c3ccc(C(=O)N4CCCC(c5nnc6ccccn56)C4)cc3c2C1. The Balaban J connectivity index is 1.29.